The molecular formula is C28H36ClN3O3Si. The van der Waals surface area contributed by atoms with Crippen LogP contribution in [0.15, 0.2) is 48.7 Å². The van der Waals surface area contributed by atoms with Crippen molar-refractivity contribution in [1.82, 2.24) is 14.5 Å². The van der Waals surface area contributed by atoms with E-state index in [1.807, 2.05) is 30.5 Å². The number of halogens is 1. The third kappa shape index (κ3) is 5.91. The van der Waals surface area contributed by atoms with E-state index >= 15 is 0 Å². The number of ether oxygens (including phenoxy) is 1. The molecule has 0 bridgehead atoms. The summed E-state index contributed by atoms with van der Waals surface area (Å²) in [7, 11) is 0.298. The summed E-state index contributed by atoms with van der Waals surface area (Å²) in [6.07, 6.45) is 4.06. The van der Waals surface area contributed by atoms with Gasteiger partial charge in [0.05, 0.1) is 30.1 Å². The predicted molar refractivity (Wildman–Crippen MR) is 148 cm³/mol. The summed E-state index contributed by atoms with van der Waals surface area (Å²) >= 11 is 6.07. The number of hydrogen-bond acceptors (Lipinski definition) is 5. The Morgan fingerprint density at radius 3 is 2.56 bits per heavy atom. The summed E-state index contributed by atoms with van der Waals surface area (Å²) in [6, 6.07) is 12.7. The van der Waals surface area contributed by atoms with E-state index in [2.05, 4.69) is 50.4 Å². The van der Waals surface area contributed by atoms with Gasteiger partial charge in [0.15, 0.2) is 14.6 Å². The lowest BCUT2D eigenvalue weighted by Gasteiger charge is -2.38. The lowest BCUT2D eigenvalue weighted by molar-refractivity contribution is 0.112. The smallest absolute Gasteiger partial charge is 0.192 e. The number of rotatable bonds is 8. The Morgan fingerprint density at radius 2 is 1.89 bits per heavy atom. The van der Waals surface area contributed by atoms with Crippen molar-refractivity contribution in [2.45, 2.75) is 58.0 Å². The van der Waals surface area contributed by atoms with E-state index in [9.17, 15) is 4.79 Å². The van der Waals surface area contributed by atoms with Gasteiger partial charge in [0, 0.05) is 36.8 Å². The minimum Gasteiger partial charge on any atom is -0.457 e. The molecule has 0 radical (unpaired) electrons. The Morgan fingerprint density at radius 1 is 1.17 bits per heavy atom. The van der Waals surface area contributed by atoms with Crippen LogP contribution in [0.25, 0.3) is 11.3 Å². The molecular weight excluding hydrogens is 490 g/mol. The van der Waals surface area contributed by atoms with Crippen molar-refractivity contribution in [2.75, 3.05) is 13.1 Å². The SMILES string of the molecule is Cn1c(-c2ccc(Oc3cc(Cl)ccc3C=O)cc2)cnc1CN1CC[C@H](O[Si](C)(C)C(C)(C)C)C1. The van der Waals surface area contributed by atoms with Crippen LogP contribution in [-0.2, 0) is 18.0 Å². The molecule has 0 spiro atoms. The second-order valence-corrected chi connectivity index (χ2v) is 16.3. The molecule has 36 heavy (non-hydrogen) atoms. The molecule has 0 aliphatic carbocycles. The van der Waals surface area contributed by atoms with Gasteiger partial charge >= 0.3 is 0 Å². The van der Waals surface area contributed by atoms with Gasteiger partial charge in [-0.1, -0.05) is 32.4 Å². The van der Waals surface area contributed by atoms with Gasteiger partial charge in [-0.05, 0) is 61.0 Å². The number of likely N-dealkylation sites (tertiary alicyclic amines) is 1. The van der Waals surface area contributed by atoms with Crippen LogP contribution in [0, 0.1) is 0 Å². The topological polar surface area (TPSA) is 56.6 Å². The molecule has 192 valence electrons. The highest BCUT2D eigenvalue weighted by Crippen LogP contribution is 2.38. The molecule has 1 saturated heterocycles. The van der Waals surface area contributed by atoms with E-state index in [4.69, 9.17) is 25.7 Å². The Kier molecular flexibility index (Phi) is 7.76. The fourth-order valence-corrected chi connectivity index (χ4v) is 5.75. The van der Waals surface area contributed by atoms with Crippen LogP contribution in [-0.4, -0.2) is 48.2 Å². The predicted octanol–water partition coefficient (Wildman–Crippen LogP) is 6.94. The molecule has 2 aromatic carbocycles. The van der Waals surface area contributed by atoms with Gasteiger partial charge in [-0.2, -0.15) is 0 Å². The molecule has 4 rings (SSSR count). The maximum absolute atomic E-state index is 11.3. The number of hydrogen-bond donors (Lipinski definition) is 0. The highest BCUT2D eigenvalue weighted by molar-refractivity contribution is 6.74. The van der Waals surface area contributed by atoms with E-state index in [1.54, 1.807) is 18.2 Å². The third-order valence-corrected chi connectivity index (χ3v) is 12.2. The molecule has 1 atom stereocenters. The molecule has 0 amide bonds. The van der Waals surface area contributed by atoms with E-state index in [0.717, 1.165) is 49.4 Å². The van der Waals surface area contributed by atoms with Crippen molar-refractivity contribution in [3.05, 3.63) is 65.1 Å². The summed E-state index contributed by atoms with van der Waals surface area (Å²) in [5, 5.41) is 0.742. The Balaban J connectivity index is 1.40. The van der Waals surface area contributed by atoms with Crippen LogP contribution in [0.5, 0.6) is 11.5 Å². The zero-order valence-corrected chi connectivity index (χ0v) is 23.8. The Bertz CT molecular complexity index is 1220. The molecule has 2 heterocycles. The van der Waals surface area contributed by atoms with Crippen molar-refractivity contribution in [1.29, 1.82) is 0 Å². The van der Waals surface area contributed by atoms with Crippen molar-refractivity contribution in [2.24, 2.45) is 7.05 Å². The van der Waals surface area contributed by atoms with Gasteiger partial charge in [0.25, 0.3) is 0 Å². The monoisotopic (exact) mass is 525 g/mol. The second kappa shape index (κ2) is 10.5. The van der Waals surface area contributed by atoms with Crippen LogP contribution < -0.4 is 4.74 Å². The molecule has 0 unspecified atom stereocenters. The van der Waals surface area contributed by atoms with Crippen molar-refractivity contribution in [3.8, 4) is 22.8 Å². The number of carbonyl (C=O) groups is 1. The highest BCUT2D eigenvalue weighted by Gasteiger charge is 2.40. The number of benzene rings is 2. The molecule has 1 aliphatic heterocycles. The molecule has 1 aromatic heterocycles. The normalized spacial score (nSPS) is 16.9. The highest BCUT2D eigenvalue weighted by atomic mass is 35.5. The molecule has 0 N–H and O–H groups in total. The van der Waals surface area contributed by atoms with Crippen LogP contribution >= 0.6 is 11.6 Å². The van der Waals surface area contributed by atoms with Gasteiger partial charge < -0.3 is 13.7 Å². The van der Waals surface area contributed by atoms with E-state index in [-0.39, 0.29) is 5.04 Å². The summed E-state index contributed by atoms with van der Waals surface area (Å²) in [5.74, 6) is 2.11. The lowest BCUT2D eigenvalue weighted by atomic mass is 10.1. The first kappa shape index (κ1) is 26.6. The average Bonchev–Trinajstić information content (AvgIpc) is 3.40. The Hall–Kier alpha value is -2.45. The second-order valence-electron chi connectivity index (χ2n) is 11.1. The van der Waals surface area contributed by atoms with Gasteiger partial charge in [-0.15, -0.1) is 0 Å². The number of imidazole rings is 1. The van der Waals surface area contributed by atoms with Crippen molar-refractivity contribution in [3.63, 3.8) is 0 Å². The van der Waals surface area contributed by atoms with Crippen LogP contribution in [0.1, 0.15) is 43.4 Å². The standard InChI is InChI=1S/C28H36ClN3O3Si/c1-28(2,3)36(5,6)35-24-13-14-32(17-24)18-27-30-16-25(31(27)4)20-8-11-23(12-9-20)34-26-15-22(29)10-7-21(26)19-33/h7-12,15-16,19,24H,13-14,17-18H2,1-6H3/t24-/m0/s1. The number of aromatic nitrogens is 2. The molecule has 1 aliphatic rings. The van der Waals surface area contributed by atoms with Crippen molar-refractivity contribution >= 4 is 26.2 Å². The van der Waals surface area contributed by atoms with Gasteiger partial charge in [-0.3, -0.25) is 9.69 Å². The summed E-state index contributed by atoms with van der Waals surface area (Å²) < 4.78 is 14.7. The zero-order chi connectivity index (χ0) is 26.1. The first-order valence-electron chi connectivity index (χ1n) is 12.4. The minimum absolute atomic E-state index is 0.223. The Labute approximate surface area is 220 Å². The fraction of sp³-hybridized carbons (Fsp3) is 0.429. The maximum Gasteiger partial charge on any atom is 0.192 e. The minimum atomic E-state index is -1.76. The first-order chi connectivity index (χ1) is 17.0. The van der Waals surface area contributed by atoms with E-state index in [1.165, 1.54) is 0 Å². The number of aldehydes is 1. The summed E-state index contributed by atoms with van der Waals surface area (Å²) in [6.45, 7) is 14.3. The maximum atomic E-state index is 11.3. The van der Waals surface area contributed by atoms with Gasteiger partial charge in [0.1, 0.15) is 17.3 Å². The summed E-state index contributed by atoms with van der Waals surface area (Å²) in [5.41, 5.74) is 2.55. The van der Waals surface area contributed by atoms with Gasteiger partial charge in [-0.25, -0.2) is 4.98 Å². The quantitative estimate of drug-likeness (QED) is 0.235. The number of carbonyl (C=O) groups excluding carboxylic acids is 1. The van der Waals surface area contributed by atoms with Gasteiger partial charge in [0.2, 0.25) is 0 Å². The molecule has 3 aromatic rings. The van der Waals surface area contributed by atoms with Crippen LogP contribution in [0.4, 0.5) is 0 Å². The summed E-state index contributed by atoms with van der Waals surface area (Å²) in [4.78, 5) is 18.5. The van der Waals surface area contributed by atoms with Crippen LogP contribution in [0.3, 0.4) is 0 Å². The first-order valence-corrected chi connectivity index (χ1v) is 15.7. The van der Waals surface area contributed by atoms with E-state index < -0.39 is 8.32 Å². The lowest BCUT2D eigenvalue weighted by Crippen LogP contribution is -2.44. The fourth-order valence-electron chi connectivity index (χ4n) is 4.21. The van der Waals surface area contributed by atoms with E-state index in [0.29, 0.717) is 28.2 Å². The van der Waals surface area contributed by atoms with Crippen molar-refractivity contribution < 1.29 is 14.0 Å². The largest absolute Gasteiger partial charge is 0.457 e. The number of nitrogens with zero attached hydrogens (tertiary/aromatic N) is 3. The molecule has 8 heteroatoms. The molecule has 6 nitrogen and oxygen atoms in total. The average molecular weight is 526 g/mol. The molecule has 0 saturated carbocycles. The van der Waals surface area contributed by atoms with Crippen LogP contribution in [0.2, 0.25) is 23.2 Å². The molecule has 1 fully saturated rings. The third-order valence-electron chi connectivity index (χ3n) is 7.43. The zero-order valence-electron chi connectivity index (χ0n) is 22.0.